The zero-order valence-corrected chi connectivity index (χ0v) is 27.9. The SMILES string of the molecule is C.C=C(NNC(=O)c1cnc(NC2(c3ccc(F)c(F)c3)CC2)nc1)C(F)(F)F.Fc1ccc(C2(Nc3ncc(C4=NN=C(C(F)(F)F)C4)cn3)CC2)cc1F. The van der Waals surface area contributed by atoms with Gasteiger partial charge in [-0.2, -0.15) is 31.4 Å². The Balaban J connectivity index is 0.000000211. The van der Waals surface area contributed by atoms with Gasteiger partial charge in [-0.3, -0.25) is 15.6 Å². The van der Waals surface area contributed by atoms with Gasteiger partial charge in [0.1, 0.15) is 11.4 Å². The van der Waals surface area contributed by atoms with Gasteiger partial charge in [0.05, 0.1) is 22.4 Å². The normalized spacial score (nSPS) is 16.2. The lowest BCUT2D eigenvalue weighted by Crippen LogP contribution is -2.40. The number of halogens is 10. The van der Waals surface area contributed by atoms with Crippen molar-refractivity contribution in [3.05, 3.63) is 119 Å². The van der Waals surface area contributed by atoms with Gasteiger partial charge >= 0.3 is 12.4 Å². The van der Waals surface area contributed by atoms with Gasteiger partial charge in [-0.25, -0.2) is 37.5 Å². The van der Waals surface area contributed by atoms with E-state index in [9.17, 15) is 48.7 Å². The van der Waals surface area contributed by atoms with Crippen LogP contribution < -0.4 is 21.5 Å². The summed E-state index contributed by atoms with van der Waals surface area (Å²) >= 11 is 0. The number of hydrazine groups is 1. The zero-order valence-electron chi connectivity index (χ0n) is 27.9. The fourth-order valence-corrected chi connectivity index (χ4v) is 5.23. The summed E-state index contributed by atoms with van der Waals surface area (Å²) in [5.41, 5.74) is 1.48. The first-order valence-electron chi connectivity index (χ1n) is 16.0. The lowest BCUT2D eigenvalue weighted by Gasteiger charge is -2.18. The highest BCUT2D eigenvalue weighted by molar-refractivity contribution is 6.16. The first kappa shape index (κ1) is 41.0. The van der Waals surface area contributed by atoms with Crippen molar-refractivity contribution in [3.8, 4) is 0 Å². The van der Waals surface area contributed by atoms with Crippen molar-refractivity contribution >= 4 is 29.2 Å². The summed E-state index contributed by atoms with van der Waals surface area (Å²) in [5.74, 6) is -4.30. The molecule has 1 amide bonds. The Bertz CT molecular complexity index is 2160. The standard InChI is InChI=1S/C17H14F5N5O.C17H12F5N5.CH4/c1-9(17(20,21)22)26-27-14(28)10-7-23-15(24-8-10)25-16(4-5-16)11-2-3-12(18)13(19)6-11;18-11-2-1-10(5-12(11)19)16(3-4-16)25-15-23-7-9(8-24-15)13-6-14(27-26-13)17(20,21)22;/h2-3,6-8,26H,1,4-5H2,(H,27,28)(H,23,24,25);1-2,5,7-8H,3-4,6H2,(H,23,24,25);1H4. The number of nitrogens with zero attached hydrogens (tertiary/aromatic N) is 6. The zero-order chi connectivity index (χ0) is 39.8. The molecule has 2 aliphatic carbocycles. The predicted octanol–water partition coefficient (Wildman–Crippen LogP) is 7.77. The third-order valence-corrected chi connectivity index (χ3v) is 8.67. The van der Waals surface area contributed by atoms with Gasteiger partial charge in [-0.05, 0) is 61.1 Å². The number of carbonyl (C=O) groups is 1. The smallest absolute Gasteiger partial charge is 0.345 e. The molecule has 0 bridgehead atoms. The highest BCUT2D eigenvalue weighted by Crippen LogP contribution is 2.49. The average molecular weight is 797 g/mol. The number of allylic oxidation sites excluding steroid dienone is 1. The van der Waals surface area contributed by atoms with E-state index in [1.807, 2.05) is 5.43 Å². The van der Waals surface area contributed by atoms with Crippen molar-refractivity contribution < 1.29 is 48.7 Å². The van der Waals surface area contributed by atoms with E-state index in [2.05, 4.69) is 47.4 Å². The molecule has 2 fully saturated rings. The Kier molecular flexibility index (Phi) is 11.4. The van der Waals surface area contributed by atoms with Gasteiger partial charge in [0, 0.05) is 36.8 Å². The van der Waals surface area contributed by atoms with Crippen molar-refractivity contribution in [1.29, 1.82) is 0 Å². The maximum Gasteiger partial charge on any atom is 0.432 e. The van der Waals surface area contributed by atoms with Crippen LogP contribution in [0.2, 0.25) is 0 Å². The number of hydrogen-bond donors (Lipinski definition) is 4. The third kappa shape index (κ3) is 9.37. The summed E-state index contributed by atoms with van der Waals surface area (Å²) < 4.78 is 128. The number of anilines is 2. The second-order valence-corrected chi connectivity index (χ2v) is 12.6. The summed E-state index contributed by atoms with van der Waals surface area (Å²) in [7, 11) is 0. The molecular formula is C35H30F10N10O. The molecule has 2 saturated carbocycles. The molecule has 2 aromatic carbocycles. The Morgan fingerprint density at radius 3 is 1.52 bits per heavy atom. The fraction of sp³-hybridized carbons (Fsp3) is 0.286. The van der Waals surface area contributed by atoms with E-state index < -0.39 is 70.4 Å². The second-order valence-electron chi connectivity index (χ2n) is 12.6. The van der Waals surface area contributed by atoms with Crippen LogP contribution in [0.5, 0.6) is 0 Å². The van der Waals surface area contributed by atoms with Crippen LogP contribution >= 0.6 is 0 Å². The first-order chi connectivity index (χ1) is 25.9. The number of hydrogen-bond acceptors (Lipinski definition) is 10. The number of rotatable bonds is 10. The van der Waals surface area contributed by atoms with Crippen LogP contribution in [-0.2, 0) is 11.1 Å². The van der Waals surface area contributed by atoms with Gasteiger partial charge in [0.15, 0.2) is 23.3 Å². The minimum absolute atomic E-state index is 0. The average Bonchev–Trinajstić information content (AvgIpc) is 4.05. The van der Waals surface area contributed by atoms with Crippen molar-refractivity contribution in [2.45, 2.75) is 63.0 Å². The summed E-state index contributed by atoms with van der Waals surface area (Å²) in [4.78, 5) is 27.9. The molecule has 3 heterocycles. The molecule has 4 aromatic rings. The monoisotopic (exact) mass is 796 g/mol. The van der Waals surface area contributed by atoms with E-state index in [1.54, 1.807) is 5.43 Å². The summed E-state index contributed by atoms with van der Waals surface area (Å²) in [5, 5.41) is 12.8. The highest BCUT2D eigenvalue weighted by atomic mass is 19.4. The van der Waals surface area contributed by atoms with Gasteiger partial charge in [-0.1, -0.05) is 26.1 Å². The Hall–Kier alpha value is -6.15. The molecule has 4 N–H and O–H groups in total. The molecule has 3 aliphatic rings. The van der Waals surface area contributed by atoms with E-state index in [0.717, 1.165) is 36.7 Å². The number of amides is 1. The van der Waals surface area contributed by atoms with E-state index in [0.29, 0.717) is 42.4 Å². The van der Waals surface area contributed by atoms with Gasteiger partial charge in [-0.15, -0.1) is 5.10 Å². The predicted molar refractivity (Wildman–Crippen MR) is 183 cm³/mol. The highest BCUT2D eigenvalue weighted by Gasteiger charge is 2.46. The van der Waals surface area contributed by atoms with Crippen LogP contribution in [0.15, 0.2) is 83.7 Å². The minimum Gasteiger partial charge on any atom is -0.345 e. The minimum atomic E-state index is -4.70. The van der Waals surface area contributed by atoms with Gasteiger partial charge in [0.2, 0.25) is 11.9 Å². The molecule has 0 spiro atoms. The molecule has 2 aromatic heterocycles. The van der Waals surface area contributed by atoms with Crippen molar-refractivity contribution in [3.63, 3.8) is 0 Å². The van der Waals surface area contributed by atoms with Crippen LogP contribution in [-0.4, -0.2) is 49.6 Å². The van der Waals surface area contributed by atoms with Crippen molar-refractivity contribution in [2.75, 3.05) is 10.6 Å². The molecule has 0 radical (unpaired) electrons. The molecule has 296 valence electrons. The maximum absolute atomic E-state index is 13.5. The molecule has 21 heteroatoms. The maximum atomic E-state index is 13.5. The molecule has 0 saturated heterocycles. The fourth-order valence-electron chi connectivity index (χ4n) is 5.23. The number of nitrogens with one attached hydrogen (secondary N) is 4. The molecular weight excluding hydrogens is 766 g/mol. The van der Waals surface area contributed by atoms with Gasteiger partial charge < -0.3 is 10.6 Å². The molecule has 0 atom stereocenters. The molecule has 0 unspecified atom stereocenters. The van der Waals surface area contributed by atoms with E-state index in [1.165, 1.54) is 24.5 Å². The molecule has 7 rings (SSSR count). The van der Waals surface area contributed by atoms with Gasteiger partial charge in [0.25, 0.3) is 5.91 Å². The quantitative estimate of drug-likeness (QED) is 0.0943. The number of benzene rings is 2. The first-order valence-corrected chi connectivity index (χ1v) is 16.0. The summed E-state index contributed by atoms with van der Waals surface area (Å²) in [6, 6.07) is 7.27. The number of aromatic nitrogens is 4. The Morgan fingerprint density at radius 2 is 1.12 bits per heavy atom. The number of carbonyl (C=O) groups excluding carboxylic acids is 1. The van der Waals surface area contributed by atoms with Crippen molar-refractivity contribution in [1.82, 2.24) is 30.8 Å². The molecule has 56 heavy (non-hydrogen) atoms. The lowest BCUT2D eigenvalue weighted by atomic mass is 10.0. The Morgan fingerprint density at radius 1 is 0.661 bits per heavy atom. The van der Waals surface area contributed by atoms with Crippen LogP contribution in [0.3, 0.4) is 0 Å². The van der Waals surface area contributed by atoms with Crippen LogP contribution in [0.25, 0.3) is 0 Å². The molecule has 11 nitrogen and oxygen atoms in total. The van der Waals surface area contributed by atoms with Crippen LogP contribution in [0, 0.1) is 23.3 Å². The van der Waals surface area contributed by atoms with E-state index in [-0.39, 0.29) is 30.6 Å². The second kappa shape index (κ2) is 15.5. The number of alkyl halides is 6. The Labute approximate surface area is 311 Å². The van der Waals surface area contributed by atoms with Crippen molar-refractivity contribution in [2.24, 2.45) is 10.2 Å². The van der Waals surface area contributed by atoms with E-state index in [4.69, 9.17) is 0 Å². The van der Waals surface area contributed by atoms with Crippen LogP contribution in [0.4, 0.5) is 55.8 Å². The summed E-state index contributed by atoms with van der Waals surface area (Å²) in [6.07, 6.45) is -2.04. The topological polar surface area (TPSA) is 141 Å². The van der Waals surface area contributed by atoms with E-state index >= 15 is 0 Å². The lowest BCUT2D eigenvalue weighted by molar-refractivity contribution is -0.0972. The third-order valence-electron chi connectivity index (χ3n) is 8.67. The van der Waals surface area contributed by atoms with Crippen LogP contribution in [0.1, 0.15) is 66.6 Å². The molecule has 1 aliphatic heterocycles. The largest absolute Gasteiger partial charge is 0.432 e. The summed E-state index contributed by atoms with van der Waals surface area (Å²) in [6.45, 7) is 2.75.